The van der Waals surface area contributed by atoms with E-state index in [9.17, 15) is 0 Å². The highest BCUT2D eigenvalue weighted by atomic mass is 16.7. The first-order valence-electron chi connectivity index (χ1n) is 4.94. The third-order valence-electron chi connectivity index (χ3n) is 2.44. The summed E-state index contributed by atoms with van der Waals surface area (Å²) in [5.41, 5.74) is 0. The van der Waals surface area contributed by atoms with Gasteiger partial charge >= 0.3 is 0 Å². The molecule has 6 heteroatoms. The minimum atomic E-state index is -0.334. The molecule has 2 rings (SSSR count). The zero-order valence-corrected chi connectivity index (χ0v) is 8.30. The van der Waals surface area contributed by atoms with Crippen LogP contribution in [0.4, 0.5) is 0 Å². The molecule has 6 nitrogen and oxygen atoms in total. The molecule has 2 unspecified atom stereocenters. The van der Waals surface area contributed by atoms with Crippen LogP contribution >= 0.6 is 0 Å². The Morgan fingerprint density at radius 2 is 1.47 bits per heavy atom. The van der Waals surface area contributed by atoms with Gasteiger partial charge in [-0.25, -0.2) is 0 Å². The Morgan fingerprint density at radius 3 is 1.80 bits per heavy atom. The Morgan fingerprint density at radius 1 is 1.00 bits per heavy atom. The van der Waals surface area contributed by atoms with Gasteiger partial charge in [0.25, 0.3) is 0 Å². The molecule has 0 aromatic carbocycles. The van der Waals surface area contributed by atoms with Crippen LogP contribution in [0.5, 0.6) is 0 Å². The van der Waals surface area contributed by atoms with Crippen molar-refractivity contribution in [1.29, 1.82) is 10.5 Å². The normalized spacial score (nSPS) is 32.7. The fourth-order valence-electron chi connectivity index (χ4n) is 1.65. The molecule has 2 aliphatic rings. The van der Waals surface area contributed by atoms with Crippen LogP contribution in [0.15, 0.2) is 0 Å². The van der Waals surface area contributed by atoms with Gasteiger partial charge in [-0.15, -0.1) is 0 Å². The van der Waals surface area contributed by atoms with Gasteiger partial charge in [0, 0.05) is 25.9 Å². The van der Waals surface area contributed by atoms with E-state index in [0.717, 1.165) is 25.9 Å². The topological polar surface area (TPSA) is 72.5 Å². The first kappa shape index (κ1) is 10.3. The molecule has 0 radical (unpaired) electrons. The quantitative estimate of drug-likeness (QED) is 0.636. The van der Waals surface area contributed by atoms with E-state index in [1.807, 2.05) is 0 Å². The van der Waals surface area contributed by atoms with Crippen LogP contribution in [0.2, 0.25) is 0 Å². The lowest BCUT2D eigenvalue weighted by Gasteiger charge is -2.20. The van der Waals surface area contributed by atoms with E-state index in [1.54, 1.807) is 10.1 Å². The van der Waals surface area contributed by atoms with Gasteiger partial charge < -0.3 is 0 Å². The highest BCUT2D eigenvalue weighted by Crippen LogP contribution is 2.17. The second kappa shape index (κ2) is 4.56. The minimum Gasteiger partial charge on any atom is -0.279 e. The second-order valence-corrected chi connectivity index (χ2v) is 3.58. The van der Waals surface area contributed by atoms with E-state index in [1.165, 1.54) is 0 Å². The molecule has 2 saturated heterocycles. The molecule has 0 aromatic heterocycles. The fraction of sp³-hybridized carbons (Fsp3) is 0.778. The van der Waals surface area contributed by atoms with Crippen molar-refractivity contribution in [1.82, 2.24) is 10.1 Å². The monoisotopic (exact) mass is 208 g/mol. The average molecular weight is 208 g/mol. The lowest BCUT2D eigenvalue weighted by atomic mass is 10.3. The predicted octanol–water partition coefficient (Wildman–Crippen LogP) is 0.00286. The Bertz CT molecular complexity index is 278. The van der Waals surface area contributed by atoms with E-state index >= 15 is 0 Å². The first-order chi connectivity index (χ1) is 7.31. The maximum Gasteiger partial charge on any atom is 0.166 e. The molecule has 2 heterocycles. The minimum absolute atomic E-state index is 0.334. The lowest BCUT2D eigenvalue weighted by molar-refractivity contribution is -0.227. The first-order valence-corrected chi connectivity index (χ1v) is 4.94. The number of hydrogen-bond acceptors (Lipinski definition) is 6. The van der Waals surface area contributed by atoms with Crippen molar-refractivity contribution in [2.75, 3.05) is 19.8 Å². The lowest BCUT2D eigenvalue weighted by Crippen LogP contribution is -2.33. The summed E-state index contributed by atoms with van der Waals surface area (Å²) in [6.07, 6.45) is 0.789. The van der Waals surface area contributed by atoms with Crippen molar-refractivity contribution in [3.8, 4) is 12.1 Å². The molecule has 2 atom stereocenters. The van der Waals surface area contributed by atoms with Gasteiger partial charge in [-0.2, -0.15) is 20.7 Å². The fourth-order valence-corrected chi connectivity index (χ4v) is 1.65. The molecule has 15 heavy (non-hydrogen) atoms. The average Bonchev–Trinajstić information content (AvgIpc) is 2.87. The molecule has 0 amide bonds. The maximum absolute atomic E-state index is 8.64. The highest BCUT2D eigenvalue weighted by molar-refractivity contribution is 4.88. The SMILES string of the molecule is N#CC1CCN(CN2CCC(C#N)O2)O1. The summed E-state index contributed by atoms with van der Waals surface area (Å²) >= 11 is 0. The molecule has 0 saturated carbocycles. The summed E-state index contributed by atoms with van der Waals surface area (Å²) in [5, 5.41) is 20.7. The van der Waals surface area contributed by atoms with Gasteiger partial charge in [-0.05, 0) is 0 Å². The third-order valence-corrected chi connectivity index (χ3v) is 2.44. The zero-order valence-electron chi connectivity index (χ0n) is 8.30. The number of hydrogen-bond donors (Lipinski definition) is 0. The molecule has 0 spiro atoms. The van der Waals surface area contributed by atoms with E-state index in [2.05, 4.69) is 12.1 Å². The summed E-state index contributed by atoms with van der Waals surface area (Å²) in [7, 11) is 0. The van der Waals surface area contributed by atoms with E-state index < -0.39 is 0 Å². The van der Waals surface area contributed by atoms with Gasteiger partial charge in [0.15, 0.2) is 12.2 Å². The van der Waals surface area contributed by atoms with Crippen LogP contribution in [-0.2, 0) is 9.68 Å². The van der Waals surface area contributed by atoms with Gasteiger partial charge in [0.05, 0.1) is 12.1 Å². The van der Waals surface area contributed by atoms with Crippen molar-refractivity contribution < 1.29 is 9.68 Å². The summed E-state index contributed by atoms with van der Waals surface area (Å²) in [6.45, 7) is 1.96. The summed E-state index contributed by atoms with van der Waals surface area (Å²) in [5.74, 6) is 0. The molecule has 0 N–H and O–H groups in total. The summed E-state index contributed by atoms with van der Waals surface area (Å²) in [4.78, 5) is 10.6. The molecule has 2 aliphatic heterocycles. The molecular weight excluding hydrogens is 196 g/mol. The molecular formula is C9H12N4O2. The van der Waals surface area contributed by atoms with Crippen molar-refractivity contribution in [3.63, 3.8) is 0 Å². The number of nitriles is 2. The largest absolute Gasteiger partial charge is 0.279 e. The number of nitrogens with zero attached hydrogens (tertiary/aromatic N) is 4. The van der Waals surface area contributed by atoms with E-state index in [-0.39, 0.29) is 12.2 Å². The smallest absolute Gasteiger partial charge is 0.166 e. The van der Waals surface area contributed by atoms with Crippen molar-refractivity contribution in [3.05, 3.63) is 0 Å². The Hall–Kier alpha value is -1.18. The summed E-state index contributed by atoms with van der Waals surface area (Å²) < 4.78 is 0. The molecule has 80 valence electrons. The van der Waals surface area contributed by atoms with Crippen LogP contribution < -0.4 is 0 Å². The van der Waals surface area contributed by atoms with Gasteiger partial charge in [-0.3, -0.25) is 9.68 Å². The molecule has 0 bridgehead atoms. The number of hydroxylamine groups is 4. The molecule has 2 fully saturated rings. The van der Waals surface area contributed by atoms with Crippen LogP contribution in [0.25, 0.3) is 0 Å². The molecule has 0 aromatic rings. The van der Waals surface area contributed by atoms with Crippen molar-refractivity contribution >= 4 is 0 Å². The molecule has 0 aliphatic carbocycles. The van der Waals surface area contributed by atoms with Crippen LogP contribution in [-0.4, -0.2) is 42.1 Å². The summed E-state index contributed by atoms with van der Waals surface area (Å²) in [6, 6.07) is 4.13. The Labute approximate surface area is 88.1 Å². The third kappa shape index (κ3) is 2.44. The second-order valence-electron chi connectivity index (χ2n) is 3.58. The Balaban J connectivity index is 1.75. The number of rotatable bonds is 2. The standard InChI is InChI=1S/C9H12N4O2/c10-5-8-1-3-12(14-8)7-13-4-2-9(6-11)15-13/h8-9H,1-4,7H2. The predicted molar refractivity (Wildman–Crippen MR) is 48.5 cm³/mol. The van der Waals surface area contributed by atoms with E-state index in [0.29, 0.717) is 6.67 Å². The van der Waals surface area contributed by atoms with Crippen LogP contribution in [0, 0.1) is 22.7 Å². The highest BCUT2D eigenvalue weighted by Gasteiger charge is 2.29. The van der Waals surface area contributed by atoms with Crippen LogP contribution in [0.3, 0.4) is 0 Å². The maximum atomic E-state index is 8.64. The van der Waals surface area contributed by atoms with Gasteiger partial charge in [-0.1, -0.05) is 0 Å². The van der Waals surface area contributed by atoms with E-state index in [4.69, 9.17) is 20.2 Å². The van der Waals surface area contributed by atoms with Gasteiger partial charge in [0.2, 0.25) is 0 Å². The van der Waals surface area contributed by atoms with Gasteiger partial charge in [0.1, 0.15) is 6.67 Å². The zero-order chi connectivity index (χ0) is 10.7. The van der Waals surface area contributed by atoms with Crippen molar-refractivity contribution in [2.45, 2.75) is 25.0 Å². The van der Waals surface area contributed by atoms with Crippen molar-refractivity contribution in [2.24, 2.45) is 0 Å². The Kier molecular flexibility index (Phi) is 3.14. The van der Waals surface area contributed by atoms with Crippen LogP contribution in [0.1, 0.15) is 12.8 Å².